The van der Waals surface area contributed by atoms with Crippen LogP contribution in [-0.2, 0) is 9.84 Å². The Bertz CT molecular complexity index is 1510. The standard InChI is InChI=1S/C7H5ClF3NO2S2.C7H5ClF3NS2.C7H6F3NS2.I3.I2.HI/c8-5-3-12-7(15-5)16(13,14)2-1-4(9)6(10)11;8-5-3-12-7(14-5)13-2-1-4(9)6(10)11;8-5(6(9)10)1-3-12-7-11-2-4-13-7;1-3-2;1-2;/h3H,1-2H2;3H,1-2H2;2,4H,1,3H2;;;1H/q;;;-1;;. The van der Waals surface area contributed by atoms with Gasteiger partial charge in [-0.05, 0) is 0 Å². The molecule has 0 atom stereocenters. The van der Waals surface area contributed by atoms with E-state index in [4.69, 9.17) is 23.2 Å². The fraction of sp³-hybridized carbons (Fsp3) is 0.286. The molecule has 0 aliphatic rings. The smallest absolute Gasteiger partial charge is 0.232 e. The van der Waals surface area contributed by atoms with Gasteiger partial charge >= 0.3 is 68.7 Å². The average molecular weight is 1540 g/mol. The summed E-state index contributed by atoms with van der Waals surface area (Å²) in [5.74, 6) is -4.67. The first-order valence-electron chi connectivity index (χ1n) is 11.2. The second kappa shape index (κ2) is 34.3. The zero-order valence-electron chi connectivity index (χ0n) is 23.1. The number of sulfone groups is 1. The van der Waals surface area contributed by atoms with Gasteiger partial charge in [0.25, 0.3) is 0 Å². The molecular formula is C21H17Cl2F9I6N3O2S6-. The molecule has 0 aliphatic heterocycles. The van der Waals surface area contributed by atoms with Crippen LogP contribution in [0.3, 0.4) is 0 Å². The number of rotatable bonds is 12. The molecule has 3 aromatic heterocycles. The monoisotopic (exact) mass is 1540 g/mol. The molecule has 0 unspecified atom stereocenters. The summed E-state index contributed by atoms with van der Waals surface area (Å²) < 4.78 is 131. The van der Waals surface area contributed by atoms with Gasteiger partial charge < -0.3 is 0 Å². The molecule has 3 rings (SSSR count). The molecule has 5 nitrogen and oxygen atoms in total. The van der Waals surface area contributed by atoms with Crippen molar-refractivity contribution in [3.8, 4) is 0 Å². The van der Waals surface area contributed by atoms with Crippen molar-refractivity contribution in [1.82, 2.24) is 15.0 Å². The fourth-order valence-corrected chi connectivity index (χ4v) is 8.43. The first-order chi connectivity index (χ1) is 22.5. The Morgan fingerprint density at radius 3 is 1.53 bits per heavy atom. The van der Waals surface area contributed by atoms with Crippen LogP contribution in [0.1, 0.15) is 19.3 Å². The van der Waals surface area contributed by atoms with E-state index in [1.54, 1.807) is 11.6 Å². The summed E-state index contributed by atoms with van der Waals surface area (Å²) in [4.78, 5) is 11.3. The van der Waals surface area contributed by atoms with Crippen molar-refractivity contribution in [1.29, 1.82) is 0 Å². The average Bonchev–Trinajstić information content (AvgIpc) is 3.81. The molecule has 0 saturated heterocycles. The van der Waals surface area contributed by atoms with Gasteiger partial charge in [-0.1, -0.05) is 69.4 Å². The Balaban J connectivity index is -0.000000603. The molecule has 49 heavy (non-hydrogen) atoms. The third-order valence-corrected chi connectivity index (χ3v) is 11.4. The quantitative estimate of drug-likeness (QED) is 0.102. The van der Waals surface area contributed by atoms with Crippen LogP contribution < -0.4 is 13.3 Å². The van der Waals surface area contributed by atoms with Gasteiger partial charge in [0.15, 0.2) is 21.8 Å². The van der Waals surface area contributed by atoms with Crippen LogP contribution in [0, 0.1) is 0 Å². The van der Waals surface area contributed by atoms with Crippen LogP contribution in [0.2, 0.25) is 8.67 Å². The van der Waals surface area contributed by atoms with Crippen LogP contribution in [0.5, 0.6) is 0 Å². The van der Waals surface area contributed by atoms with E-state index in [0.29, 0.717) is 33.3 Å². The zero-order chi connectivity index (χ0) is 37.3. The number of aromatic nitrogens is 3. The van der Waals surface area contributed by atoms with Crippen LogP contribution >= 0.6 is 179 Å². The molecular weight excluding hydrogens is 1520 g/mol. The van der Waals surface area contributed by atoms with Crippen molar-refractivity contribution in [2.24, 2.45) is 0 Å². The van der Waals surface area contributed by atoms with Gasteiger partial charge in [0, 0.05) is 79.6 Å². The third-order valence-electron chi connectivity index (χ3n) is 3.89. The minimum Gasteiger partial charge on any atom is -0.232 e. The molecule has 0 aliphatic carbocycles. The summed E-state index contributed by atoms with van der Waals surface area (Å²) in [5.41, 5.74) is 0. The Kier molecular flexibility index (Phi) is 39.5. The normalized spacial score (nSPS) is 9.94. The van der Waals surface area contributed by atoms with E-state index < -0.39 is 57.7 Å². The van der Waals surface area contributed by atoms with Crippen molar-refractivity contribution in [2.45, 2.75) is 32.3 Å². The van der Waals surface area contributed by atoms with Gasteiger partial charge in [0.1, 0.15) is 13.0 Å². The van der Waals surface area contributed by atoms with Crippen LogP contribution in [-0.4, -0.2) is 40.6 Å². The van der Waals surface area contributed by atoms with Crippen LogP contribution in [0.4, 0.5) is 39.5 Å². The van der Waals surface area contributed by atoms with Crippen molar-refractivity contribution in [3.05, 3.63) is 68.4 Å². The topological polar surface area (TPSA) is 72.8 Å². The zero-order valence-corrected chi connectivity index (χ0v) is 42.6. The predicted octanol–water partition coefficient (Wildman–Crippen LogP) is 12.3. The Morgan fingerprint density at radius 1 is 0.735 bits per heavy atom. The number of halogens is 17. The largest absolute Gasteiger partial charge is 0.301 e. The predicted molar refractivity (Wildman–Crippen MR) is 226 cm³/mol. The van der Waals surface area contributed by atoms with Crippen LogP contribution in [0.25, 0.3) is 0 Å². The Labute approximate surface area is 376 Å². The molecule has 284 valence electrons. The van der Waals surface area contributed by atoms with E-state index in [2.05, 4.69) is 89.4 Å². The molecule has 0 radical (unpaired) electrons. The van der Waals surface area contributed by atoms with Crippen LogP contribution in [0.15, 0.2) is 72.7 Å². The maximum absolute atomic E-state index is 12.4. The van der Waals surface area contributed by atoms with E-state index >= 15 is 0 Å². The second-order valence-electron chi connectivity index (χ2n) is 6.97. The van der Waals surface area contributed by atoms with Crippen molar-refractivity contribution >= 4 is 189 Å². The second-order valence-corrected chi connectivity index (χ2v) is 32.4. The number of hydrogen-bond donors (Lipinski definition) is 0. The number of thiazole rings is 3. The van der Waals surface area contributed by atoms with E-state index in [0.717, 1.165) is 10.5 Å². The minimum atomic E-state index is -3.85. The van der Waals surface area contributed by atoms with E-state index in [1.807, 2.05) is 0 Å². The number of allylic oxidation sites excluding steroid dienone is 3. The maximum Gasteiger partial charge on any atom is 0.301 e. The molecule has 3 heterocycles. The molecule has 0 N–H and O–H groups in total. The van der Waals surface area contributed by atoms with Gasteiger partial charge in [0.2, 0.25) is 14.2 Å². The first-order valence-corrected chi connectivity index (χ1v) is 37.0. The molecule has 0 aromatic carbocycles. The first kappa shape index (κ1) is 56.4. The van der Waals surface area contributed by atoms with E-state index in [9.17, 15) is 47.9 Å². The number of hydrogen-bond acceptors (Lipinski definition) is 10. The SMILES string of the molecule is FC(F)=C(F)CCSc1ncc(Cl)s1.FC(F)=C(F)CCSc1nccs1.I.II.I[I-]I.O=S(=O)(CCC(F)=C(F)F)c1ncc(Cl)s1. The maximum atomic E-state index is 12.4. The molecule has 0 fully saturated rings. The Hall–Kier alpha value is 3.09. The van der Waals surface area contributed by atoms with Gasteiger partial charge in [-0.3, -0.25) is 0 Å². The van der Waals surface area contributed by atoms with Gasteiger partial charge in [-0.15, -0.1) is 35.3 Å². The summed E-state index contributed by atoms with van der Waals surface area (Å²) in [6.07, 6.45) is -4.17. The van der Waals surface area contributed by atoms with Gasteiger partial charge in [-0.2, -0.15) is 26.3 Å². The summed E-state index contributed by atoms with van der Waals surface area (Å²) in [6, 6.07) is 0. The summed E-state index contributed by atoms with van der Waals surface area (Å²) >= 11 is 26.4. The summed E-state index contributed by atoms with van der Waals surface area (Å²) in [6.45, 7) is 0. The van der Waals surface area contributed by atoms with E-state index in [1.165, 1.54) is 52.4 Å². The molecule has 0 spiro atoms. The number of nitrogens with zero attached hydrogens (tertiary/aromatic N) is 3. The minimum absolute atomic E-state index is 0. The number of thioether (sulfide) groups is 2. The summed E-state index contributed by atoms with van der Waals surface area (Å²) in [7, 11) is -3.85. The summed E-state index contributed by atoms with van der Waals surface area (Å²) in [5, 5.41) is 1.78. The van der Waals surface area contributed by atoms with Gasteiger partial charge in [0.05, 0.1) is 18.1 Å². The van der Waals surface area contributed by atoms with E-state index in [-0.39, 0.29) is 57.0 Å². The van der Waals surface area contributed by atoms with Crippen molar-refractivity contribution in [3.63, 3.8) is 0 Å². The van der Waals surface area contributed by atoms with Crippen molar-refractivity contribution in [2.75, 3.05) is 17.3 Å². The fourth-order valence-electron chi connectivity index (χ4n) is 2.02. The third kappa shape index (κ3) is 30.0. The molecule has 3 aromatic rings. The Morgan fingerprint density at radius 2 is 1.16 bits per heavy atom. The van der Waals surface area contributed by atoms with Crippen molar-refractivity contribution < 1.29 is 61.2 Å². The molecule has 0 saturated carbocycles. The molecule has 0 amide bonds. The molecule has 0 bridgehead atoms. The molecule has 28 heteroatoms. The van der Waals surface area contributed by atoms with Gasteiger partial charge in [-0.25, -0.2) is 36.5 Å².